The molecule has 2 N–H and O–H groups in total. The van der Waals surface area contributed by atoms with Crippen molar-refractivity contribution >= 4 is 17.5 Å². The highest BCUT2D eigenvalue weighted by Crippen LogP contribution is 2.18. The first-order chi connectivity index (χ1) is 9.99. The maximum absolute atomic E-state index is 12.2. The normalized spacial score (nSPS) is 18.1. The lowest BCUT2D eigenvalue weighted by Gasteiger charge is -2.22. The van der Waals surface area contributed by atoms with E-state index < -0.39 is 0 Å². The third-order valence-electron chi connectivity index (χ3n) is 3.80. The molecule has 1 heterocycles. The number of hydrogen-bond donors (Lipinski definition) is 2. The summed E-state index contributed by atoms with van der Waals surface area (Å²) in [5.74, 6) is 0.0530. The Morgan fingerprint density at radius 2 is 2.10 bits per heavy atom. The van der Waals surface area contributed by atoms with E-state index in [-0.39, 0.29) is 17.7 Å². The van der Waals surface area contributed by atoms with Gasteiger partial charge in [-0.15, -0.1) is 0 Å². The van der Waals surface area contributed by atoms with Crippen molar-refractivity contribution in [1.82, 2.24) is 10.2 Å². The Bertz CT molecular complexity index is 534. The summed E-state index contributed by atoms with van der Waals surface area (Å²) in [5, 5.41) is 6.18. The molecule has 5 nitrogen and oxygen atoms in total. The van der Waals surface area contributed by atoms with Crippen LogP contribution in [0.15, 0.2) is 18.2 Å². The Kier molecular flexibility index (Phi) is 4.96. The topological polar surface area (TPSA) is 61.4 Å². The van der Waals surface area contributed by atoms with Crippen molar-refractivity contribution < 1.29 is 9.59 Å². The van der Waals surface area contributed by atoms with Gasteiger partial charge in [0.25, 0.3) is 5.91 Å². The summed E-state index contributed by atoms with van der Waals surface area (Å²) < 4.78 is 0. The summed E-state index contributed by atoms with van der Waals surface area (Å²) in [6, 6.07) is 5.41. The molecule has 0 aliphatic carbocycles. The van der Waals surface area contributed by atoms with Gasteiger partial charge in [0.1, 0.15) is 0 Å². The molecule has 2 amide bonds. The second-order valence-corrected chi connectivity index (χ2v) is 5.76. The summed E-state index contributed by atoms with van der Waals surface area (Å²) >= 11 is 0. The van der Waals surface area contributed by atoms with Gasteiger partial charge in [0.15, 0.2) is 0 Å². The number of amides is 2. The molecule has 2 rings (SSSR count). The molecule has 0 saturated carbocycles. The van der Waals surface area contributed by atoms with E-state index in [1.165, 1.54) is 0 Å². The van der Waals surface area contributed by atoms with Crippen LogP contribution in [0.2, 0.25) is 0 Å². The molecule has 0 bridgehead atoms. The highest BCUT2D eigenvalue weighted by atomic mass is 16.2. The minimum Gasteiger partial charge on any atom is -0.345 e. The van der Waals surface area contributed by atoms with Crippen LogP contribution in [-0.4, -0.2) is 43.9 Å². The minimum absolute atomic E-state index is 0.0261. The zero-order chi connectivity index (χ0) is 15.4. The van der Waals surface area contributed by atoms with Crippen LogP contribution < -0.4 is 10.6 Å². The molecule has 1 fully saturated rings. The van der Waals surface area contributed by atoms with E-state index in [0.29, 0.717) is 5.56 Å². The standard InChI is InChI=1S/C16H23N3O2/c1-11-9-13(6-7-14(11)16(21)19(2)3)18-15(20)12-5-4-8-17-10-12/h6-7,9,12,17H,4-5,8,10H2,1-3H3,(H,18,20). The van der Waals surface area contributed by atoms with E-state index >= 15 is 0 Å². The largest absolute Gasteiger partial charge is 0.345 e. The summed E-state index contributed by atoms with van der Waals surface area (Å²) in [6.07, 6.45) is 1.96. The van der Waals surface area contributed by atoms with E-state index in [1.807, 2.05) is 13.0 Å². The Balaban J connectivity index is 2.06. The summed E-state index contributed by atoms with van der Waals surface area (Å²) in [6.45, 7) is 3.61. The Morgan fingerprint density at radius 3 is 2.67 bits per heavy atom. The summed E-state index contributed by atoms with van der Waals surface area (Å²) in [5.41, 5.74) is 2.28. The van der Waals surface area contributed by atoms with E-state index in [1.54, 1.807) is 31.1 Å². The van der Waals surface area contributed by atoms with Crippen molar-refractivity contribution in [1.29, 1.82) is 0 Å². The zero-order valence-electron chi connectivity index (χ0n) is 12.9. The van der Waals surface area contributed by atoms with Crippen molar-refractivity contribution in [3.8, 4) is 0 Å². The molecule has 0 spiro atoms. The quantitative estimate of drug-likeness (QED) is 0.889. The number of benzene rings is 1. The van der Waals surface area contributed by atoms with Crippen molar-refractivity contribution in [2.75, 3.05) is 32.5 Å². The lowest BCUT2D eigenvalue weighted by Crippen LogP contribution is -2.37. The van der Waals surface area contributed by atoms with Crippen LogP contribution in [0, 0.1) is 12.8 Å². The monoisotopic (exact) mass is 289 g/mol. The average Bonchev–Trinajstić information content (AvgIpc) is 2.47. The number of nitrogens with one attached hydrogen (secondary N) is 2. The molecule has 5 heteroatoms. The van der Waals surface area contributed by atoms with E-state index in [9.17, 15) is 9.59 Å². The summed E-state index contributed by atoms with van der Waals surface area (Å²) in [7, 11) is 3.46. The van der Waals surface area contributed by atoms with E-state index in [0.717, 1.165) is 37.2 Å². The highest BCUT2D eigenvalue weighted by molar-refractivity contribution is 5.97. The molecule has 0 radical (unpaired) electrons. The van der Waals surface area contributed by atoms with Gasteiger partial charge in [-0.05, 0) is 50.1 Å². The van der Waals surface area contributed by atoms with Gasteiger partial charge in [0.2, 0.25) is 5.91 Å². The van der Waals surface area contributed by atoms with Crippen LogP contribution >= 0.6 is 0 Å². The zero-order valence-corrected chi connectivity index (χ0v) is 12.9. The smallest absolute Gasteiger partial charge is 0.253 e. The molecule has 114 valence electrons. The number of piperidine rings is 1. The van der Waals surface area contributed by atoms with Crippen molar-refractivity contribution in [3.05, 3.63) is 29.3 Å². The average molecular weight is 289 g/mol. The molecule has 1 aliphatic rings. The highest BCUT2D eigenvalue weighted by Gasteiger charge is 2.21. The Morgan fingerprint density at radius 1 is 1.33 bits per heavy atom. The fourth-order valence-corrected chi connectivity index (χ4v) is 2.54. The number of anilines is 1. The molecular weight excluding hydrogens is 266 g/mol. The molecule has 0 aromatic heterocycles. The van der Waals surface area contributed by atoms with Gasteiger partial charge >= 0.3 is 0 Å². The number of carbonyl (C=O) groups excluding carboxylic acids is 2. The number of hydrogen-bond acceptors (Lipinski definition) is 3. The lowest BCUT2D eigenvalue weighted by atomic mass is 9.98. The van der Waals surface area contributed by atoms with Gasteiger partial charge in [-0.25, -0.2) is 0 Å². The van der Waals surface area contributed by atoms with Gasteiger partial charge in [-0.2, -0.15) is 0 Å². The molecule has 1 saturated heterocycles. The fourth-order valence-electron chi connectivity index (χ4n) is 2.54. The summed E-state index contributed by atoms with van der Waals surface area (Å²) in [4.78, 5) is 25.7. The third kappa shape index (κ3) is 3.82. The van der Waals surface area contributed by atoms with E-state index in [2.05, 4.69) is 10.6 Å². The number of nitrogens with zero attached hydrogens (tertiary/aromatic N) is 1. The Hall–Kier alpha value is -1.88. The maximum Gasteiger partial charge on any atom is 0.253 e. The van der Waals surface area contributed by atoms with Crippen LogP contribution in [0.25, 0.3) is 0 Å². The molecule has 1 aromatic carbocycles. The van der Waals surface area contributed by atoms with Crippen LogP contribution in [0.5, 0.6) is 0 Å². The van der Waals surface area contributed by atoms with Crippen molar-refractivity contribution in [3.63, 3.8) is 0 Å². The third-order valence-corrected chi connectivity index (χ3v) is 3.80. The lowest BCUT2D eigenvalue weighted by molar-refractivity contribution is -0.120. The molecule has 1 aromatic rings. The predicted molar refractivity (Wildman–Crippen MR) is 83.4 cm³/mol. The van der Waals surface area contributed by atoms with Crippen LogP contribution in [0.4, 0.5) is 5.69 Å². The van der Waals surface area contributed by atoms with Crippen LogP contribution in [0.1, 0.15) is 28.8 Å². The molecular formula is C16H23N3O2. The van der Waals surface area contributed by atoms with Gasteiger partial charge in [0, 0.05) is 31.9 Å². The van der Waals surface area contributed by atoms with Gasteiger partial charge in [-0.3, -0.25) is 9.59 Å². The molecule has 21 heavy (non-hydrogen) atoms. The van der Waals surface area contributed by atoms with Crippen LogP contribution in [-0.2, 0) is 4.79 Å². The van der Waals surface area contributed by atoms with E-state index in [4.69, 9.17) is 0 Å². The first kappa shape index (κ1) is 15.5. The molecule has 1 aliphatic heterocycles. The van der Waals surface area contributed by atoms with Crippen molar-refractivity contribution in [2.24, 2.45) is 5.92 Å². The van der Waals surface area contributed by atoms with Gasteiger partial charge in [0.05, 0.1) is 5.92 Å². The number of rotatable bonds is 3. The first-order valence-corrected chi connectivity index (χ1v) is 7.33. The Labute approximate surface area is 125 Å². The second-order valence-electron chi connectivity index (χ2n) is 5.76. The number of aryl methyl sites for hydroxylation is 1. The molecule has 1 atom stereocenters. The number of carbonyl (C=O) groups is 2. The molecule has 1 unspecified atom stereocenters. The minimum atomic E-state index is -0.0261. The first-order valence-electron chi connectivity index (χ1n) is 7.33. The van der Waals surface area contributed by atoms with Gasteiger partial charge in [-0.1, -0.05) is 0 Å². The SMILES string of the molecule is Cc1cc(NC(=O)C2CCCNC2)ccc1C(=O)N(C)C. The predicted octanol–water partition coefficient (Wildman–Crippen LogP) is 1.63. The van der Waals surface area contributed by atoms with Crippen LogP contribution in [0.3, 0.4) is 0 Å². The van der Waals surface area contributed by atoms with Gasteiger partial charge < -0.3 is 15.5 Å². The second kappa shape index (κ2) is 6.72. The van der Waals surface area contributed by atoms with Crippen molar-refractivity contribution in [2.45, 2.75) is 19.8 Å². The maximum atomic E-state index is 12.2. The fraction of sp³-hybridized carbons (Fsp3) is 0.500.